The topological polar surface area (TPSA) is 88.3 Å². The van der Waals surface area contributed by atoms with E-state index in [2.05, 4.69) is 29.0 Å². The van der Waals surface area contributed by atoms with Crippen LogP contribution < -0.4 is 16.0 Å². The Balaban J connectivity index is 1.59. The van der Waals surface area contributed by atoms with Crippen LogP contribution in [0.3, 0.4) is 0 Å². The second-order valence-corrected chi connectivity index (χ2v) is 8.07. The van der Waals surface area contributed by atoms with E-state index in [1.54, 1.807) is 6.20 Å². The molecule has 6 heteroatoms. The first-order chi connectivity index (χ1) is 13.3. The number of carbonyl (C=O) groups excluding carboxylic acids is 2. The van der Waals surface area contributed by atoms with Crippen molar-refractivity contribution in [2.75, 3.05) is 23.3 Å². The van der Waals surface area contributed by atoms with Crippen molar-refractivity contribution in [1.82, 2.24) is 4.98 Å². The maximum absolute atomic E-state index is 12.5. The lowest BCUT2D eigenvalue weighted by Gasteiger charge is -2.32. The molecule has 1 aromatic heterocycles. The third-order valence-corrected chi connectivity index (χ3v) is 5.34. The molecule has 148 valence electrons. The predicted octanol–water partition coefficient (Wildman–Crippen LogP) is 3.09. The van der Waals surface area contributed by atoms with Gasteiger partial charge < -0.3 is 16.0 Å². The van der Waals surface area contributed by atoms with Crippen LogP contribution in [0.2, 0.25) is 0 Å². The number of aromatic nitrogens is 1. The van der Waals surface area contributed by atoms with Gasteiger partial charge in [-0.1, -0.05) is 44.2 Å². The Labute approximate surface area is 166 Å². The summed E-state index contributed by atoms with van der Waals surface area (Å²) >= 11 is 0. The van der Waals surface area contributed by atoms with Gasteiger partial charge in [-0.3, -0.25) is 9.59 Å². The van der Waals surface area contributed by atoms with Gasteiger partial charge in [0.2, 0.25) is 11.8 Å². The summed E-state index contributed by atoms with van der Waals surface area (Å²) in [6, 6.07) is 13.8. The summed E-state index contributed by atoms with van der Waals surface area (Å²) < 4.78 is 0. The second-order valence-electron chi connectivity index (χ2n) is 8.07. The largest absolute Gasteiger partial charge is 0.369 e. The maximum atomic E-state index is 12.5. The first-order valence-electron chi connectivity index (χ1n) is 9.71. The van der Waals surface area contributed by atoms with E-state index in [0.29, 0.717) is 18.7 Å². The van der Waals surface area contributed by atoms with Gasteiger partial charge in [0.1, 0.15) is 5.82 Å². The number of hydrogen-bond donors (Lipinski definition) is 2. The van der Waals surface area contributed by atoms with E-state index in [-0.39, 0.29) is 23.1 Å². The minimum atomic E-state index is -0.255. The van der Waals surface area contributed by atoms with Crippen molar-refractivity contribution in [2.24, 2.45) is 11.7 Å². The average Bonchev–Trinajstić information content (AvgIpc) is 2.69. The van der Waals surface area contributed by atoms with Crippen LogP contribution in [-0.4, -0.2) is 29.9 Å². The lowest BCUT2D eigenvalue weighted by molar-refractivity contribution is -0.122. The molecular formula is C22H28N4O2. The van der Waals surface area contributed by atoms with Crippen molar-refractivity contribution in [3.8, 4) is 0 Å². The number of hydrogen-bond acceptors (Lipinski definition) is 4. The number of nitrogens with zero attached hydrogens (tertiary/aromatic N) is 2. The number of carbonyl (C=O) groups is 2. The van der Waals surface area contributed by atoms with E-state index in [0.717, 1.165) is 30.8 Å². The number of amides is 2. The highest BCUT2D eigenvalue weighted by atomic mass is 16.2. The molecule has 0 bridgehead atoms. The summed E-state index contributed by atoms with van der Waals surface area (Å²) in [5.74, 6) is 0.369. The van der Waals surface area contributed by atoms with E-state index in [9.17, 15) is 9.59 Å². The molecule has 0 saturated carbocycles. The molecule has 3 rings (SSSR count). The number of anilines is 2. The van der Waals surface area contributed by atoms with Crippen molar-refractivity contribution in [2.45, 2.75) is 38.5 Å². The summed E-state index contributed by atoms with van der Waals surface area (Å²) in [6.45, 7) is 5.58. The van der Waals surface area contributed by atoms with E-state index in [1.165, 1.54) is 0 Å². The minimum absolute atomic E-state index is 0.0461. The molecule has 1 saturated heterocycles. The molecule has 1 fully saturated rings. The van der Waals surface area contributed by atoms with Crippen LogP contribution >= 0.6 is 0 Å². The Morgan fingerprint density at radius 3 is 2.61 bits per heavy atom. The third kappa shape index (κ3) is 4.88. The lowest BCUT2D eigenvalue weighted by atomic mass is 9.81. The second kappa shape index (κ2) is 8.42. The summed E-state index contributed by atoms with van der Waals surface area (Å²) in [4.78, 5) is 30.5. The van der Waals surface area contributed by atoms with Crippen molar-refractivity contribution in [3.05, 3.63) is 54.2 Å². The van der Waals surface area contributed by atoms with Gasteiger partial charge in [0.05, 0.1) is 17.8 Å². The van der Waals surface area contributed by atoms with E-state index >= 15 is 0 Å². The molecular weight excluding hydrogens is 352 g/mol. The number of benzene rings is 1. The van der Waals surface area contributed by atoms with Crippen LogP contribution in [0.25, 0.3) is 0 Å². The lowest BCUT2D eigenvalue weighted by Crippen LogP contribution is -2.41. The molecule has 2 heterocycles. The Morgan fingerprint density at radius 2 is 1.96 bits per heavy atom. The molecule has 2 amide bonds. The Morgan fingerprint density at radius 1 is 1.21 bits per heavy atom. The van der Waals surface area contributed by atoms with Gasteiger partial charge in [-0.2, -0.15) is 0 Å². The minimum Gasteiger partial charge on any atom is -0.369 e. The summed E-state index contributed by atoms with van der Waals surface area (Å²) in [7, 11) is 0. The van der Waals surface area contributed by atoms with Gasteiger partial charge in [0, 0.05) is 19.5 Å². The molecule has 1 unspecified atom stereocenters. The summed E-state index contributed by atoms with van der Waals surface area (Å²) in [5, 5.41) is 2.93. The van der Waals surface area contributed by atoms with E-state index in [1.807, 2.05) is 42.5 Å². The maximum Gasteiger partial charge on any atom is 0.225 e. The SMILES string of the molecule is CC(C)(CC(=O)Nc1ccc(N2CCCC(C(N)=O)C2)nc1)c1ccccc1. The summed E-state index contributed by atoms with van der Waals surface area (Å²) in [5.41, 5.74) is 6.99. The zero-order valence-electron chi connectivity index (χ0n) is 16.5. The predicted molar refractivity (Wildman–Crippen MR) is 111 cm³/mol. The van der Waals surface area contributed by atoms with Crippen LogP contribution in [-0.2, 0) is 15.0 Å². The number of primary amides is 1. The fourth-order valence-electron chi connectivity index (χ4n) is 3.66. The molecule has 0 radical (unpaired) electrons. The Hall–Kier alpha value is -2.89. The number of rotatable bonds is 6. The number of nitrogens with one attached hydrogen (secondary N) is 1. The number of piperidine rings is 1. The molecule has 2 aromatic rings. The first-order valence-corrected chi connectivity index (χ1v) is 9.71. The van der Waals surface area contributed by atoms with Crippen LogP contribution in [0, 0.1) is 5.92 Å². The molecule has 0 spiro atoms. The zero-order chi connectivity index (χ0) is 20.1. The third-order valence-electron chi connectivity index (χ3n) is 5.34. The molecule has 6 nitrogen and oxygen atoms in total. The van der Waals surface area contributed by atoms with Gasteiger partial charge in [-0.15, -0.1) is 0 Å². The van der Waals surface area contributed by atoms with Crippen LogP contribution in [0.1, 0.15) is 38.7 Å². The normalized spacial score (nSPS) is 17.2. The van der Waals surface area contributed by atoms with Gasteiger partial charge in [-0.05, 0) is 36.0 Å². The van der Waals surface area contributed by atoms with Crippen molar-refractivity contribution in [1.29, 1.82) is 0 Å². The molecule has 1 aromatic carbocycles. The molecule has 1 aliphatic rings. The molecule has 0 aliphatic carbocycles. The Kier molecular flexibility index (Phi) is 5.97. The standard InChI is InChI=1S/C22H28N4O2/c1-22(2,17-8-4-3-5-9-17)13-20(27)25-18-10-11-19(24-14-18)26-12-6-7-16(15-26)21(23)28/h3-5,8-11,14,16H,6-7,12-13,15H2,1-2H3,(H2,23,28)(H,25,27). The van der Waals surface area contributed by atoms with Crippen LogP contribution in [0.5, 0.6) is 0 Å². The van der Waals surface area contributed by atoms with Crippen molar-refractivity contribution in [3.63, 3.8) is 0 Å². The van der Waals surface area contributed by atoms with Gasteiger partial charge in [-0.25, -0.2) is 4.98 Å². The molecule has 3 N–H and O–H groups in total. The van der Waals surface area contributed by atoms with E-state index < -0.39 is 0 Å². The average molecular weight is 380 g/mol. The van der Waals surface area contributed by atoms with Gasteiger partial charge >= 0.3 is 0 Å². The van der Waals surface area contributed by atoms with Crippen LogP contribution in [0.15, 0.2) is 48.7 Å². The highest BCUT2D eigenvalue weighted by Gasteiger charge is 2.25. The fourth-order valence-corrected chi connectivity index (χ4v) is 3.66. The van der Waals surface area contributed by atoms with Crippen molar-refractivity contribution < 1.29 is 9.59 Å². The highest BCUT2D eigenvalue weighted by molar-refractivity contribution is 5.91. The van der Waals surface area contributed by atoms with Gasteiger partial charge in [0.15, 0.2) is 0 Å². The summed E-state index contributed by atoms with van der Waals surface area (Å²) in [6.07, 6.45) is 3.79. The molecule has 28 heavy (non-hydrogen) atoms. The Bertz CT molecular complexity index is 818. The number of pyridine rings is 1. The van der Waals surface area contributed by atoms with Gasteiger partial charge in [0.25, 0.3) is 0 Å². The van der Waals surface area contributed by atoms with Crippen molar-refractivity contribution >= 4 is 23.3 Å². The quantitative estimate of drug-likeness (QED) is 0.806. The highest BCUT2D eigenvalue weighted by Crippen LogP contribution is 2.27. The monoisotopic (exact) mass is 380 g/mol. The number of nitrogens with two attached hydrogens (primary N) is 1. The van der Waals surface area contributed by atoms with E-state index in [4.69, 9.17) is 5.73 Å². The smallest absolute Gasteiger partial charge is 0.225 e. The fraction of sp³-hybridized carbons (Fsp3) is 0.409. The molecule has 1 atom stereocenters. The van der Waals surface area contributed by atoms with Crippen LogP contribution in [0.4, 0.5) is 11.5 Å². The zero-order valence-corrected chi connectivity index (χ0v) is 16.5. The molecule has 1 aliphatic heterocycles. The first kappa shape index (κ1) is 19.9.